The van der Waals surface area contributed by atoms with Crippen molar-refractivity contribution in [2.75, 3.05) is 27.2 Å². The summed E-state index contributed by atoms with van der Waals surface area (Å²) >= 11 is 0. The minimum atomic E-state index is -0.115. The first-order chi connectivity index (χ1) is 11.3. The number of carbonyl (C=O) groups is 2. The lowest BCUT2D eigenvalue weighted by Gasteiger charge is -2.24. The lowest BCUT2D eigenvalue weighted by molar-refractivity contribution is -0.130. The quantitative estimate of drug-likeness (QED) is 0.831. The Balaban J connectivity index is 1.93. The number of urea groups is 1. The van der Waals surface area contributed by atoms with E-state index in [9.17, 15) is 9.59 Å². The molecule has 8 heteroatoms. The number of rotatable bonds is 5. The van der Waals surface area contributed by atoms with Crippen molar-refractivity contribution in [1.82, 2.24) is 30.3 Å². The van der Waals surface area contributed by atoms with Gasteiger partial charge in [-0.25, -0.2) is 9.78 Å². The van der Waals surface area contributed by atoms with Crippen LogP contribution < -0.4 is 5.32 Å². The average molecular weight is 336 g/mol. The molecule has 2 atom stereocenters. The summed E-state index contributed by atoms with van der Waals surface area (Å²) < 4.78 is 0. The van der Waals surface area contributed by atoms with Gasteiger partial charge in [0.2, 0.25) is 5.91 Å². The smallest absolute Gasteiger partial charge is 0.317 e. The number of aromatic amines is 1. The van der Waals surface area contributed by atoms with Crippen molar-refractivity contribution < 1.29 is 9.59 Å². The lowest BCUT2D eigenvalue weighted by Crippen LogP contribution is -2.46. The molecule has 0 aromatic carbocycles. The molecule has 2 rings (SSSR count). The van der Waals surface area contributed by atoms with Gasteiger partial charge in [-0.1, -0.05) is 13.8 Å². The van der Waals surface area contributed by atoms with Crippen LogP contribution >= 0.6 is 0 Å². The first-order valence-electron chi connectivity index (χ1n) is 8.41. The number of hydrogen-bond acceptors (Lipinski definition) is 4. The fourth-order valence-electron chi connectivity index (χ4n) is 3.03. The maximum absolute atomic E-state index is 12.5. The van der Waals surface area contributed by atoms with Gasteiger partial charge < -0.3 is 15.1 Å². The number of nitrogens with one attached hydrogen (secondary N) is 2. The van der Waals surface area contributed by atoms with Gasteiger partial charge in [-0.15, -0.1) is 0 Å². The number of aromatic nitrogens is 3. The molecule has 134 valence electrons. The van der Waals surface area contributed by atoms with Gasteiger partial charge in [-0.3, -0.25) is 9.89 Å². The van der Waals surface area contributed by atoms with Crippen LogP contribution in [-0.4, -0.2) is 70.1 Å². The summed E-state index contributed by atoms with van der Waals surface area (Å²) in [5.41, 5.74) is 0. The number of carbonyl (C=O) groups excluding carboxylic acids is 2. The molecule has 1 aromatic rings. The Hall–Kier alpha value is -2.12. The van der Waals surface area contributed by atoms with Crippen molar-refractivity contribution in [2.45, 2.75) is 39.7 Å². The first-order valence-corrected chi connectivity index (χ1v) is 8.41. The molecule has 0 bridgehead atoms. The highest BCUT2D eigenvalue weighted by molar-refractivity contribution is 5.77. The second kappa shape index (κ2) is 7.63. The second-order valence-electron chi connectivity index (χ2n) is 6.99. The number of hydrogen-bond donors (Lipinski definition) is 2. The Kier molecular flexibility index (Phi) is 5.80. The Morgan fingerprint density at radius 2 is 2.08 bits per heavy atom. The summed E-state index contributed by atoms with van der Waals surface area (Å²) in [5, 5.41) is 9.88. The molecule has 1 saturated heterocycles. The molecule has 0 radical (unpaired) electrons. The number of likely N-dealkylation sites (tertiary alicyclic amines) is 1. The second-order valence-corrected chi connectivity index (χ2v) is 6.99. The van der Waals surface area contributed by atoms with E-state index in [-0.39, 0.29) is 23.9 Å². The molecule has 3 amide bonds. The third-order valence-electron chi connectivity index (χ3n) is 4.50. The number of H-pyrrole nitrogens is 1. The van der Waals surface area contributed by atoms with Gasteiger partial charge in [0.05, 0.1) is 6.04 Å². The van der Waals surface area contributed by atoms with Gasteiger partial charge in [0.25, 0.3) is 0 Å². The summed E-state index contributed by atoms with van der Waals surface area (Å²) in [6.45, 7) is 7.34. The third kappa shape index (κ3) is 4.46. The van der Waals surface area contributed by atoms with Crippen LogP contribution in [-0.2, 0) is 11.2 Å². The van der Waals surface area contributed by atoms with Crippen molar-refractivity contribution in [3.63, 3.8) is 0 Å². The van der Waals surface area contributed by atoms with Gasteiger partial charge in [-0.2, -0.15) is 5.10 Å². The summed E-state index contributed by atoms with van der Waals surface area (Å²) in [6.07, 6.45) is 0.914. The van der Waals surface area contributed by atoms with Crippen LogP contribution in [0.25, 0.3) is 0 Å². The molecule has 8 nitrogen and oxygen atoms in total. The van der Waals surface area contributed by atoms with Crippen LogP contribution in [0.5, 0.6) is 0 Å². The SMILES string of the molecule is Cc1nc(CCC(=O)N2CC(NC(=O)N(C)C)C(C(C)C)C2)n[nH]1. The molecule has 24 heavy (non-hydrogen) atoms. The van der Waals surface area contributed by atoms with Crippen LogP contribution in [0.2, 0.25) is 0 Å². The van der Waals surface area contributed by atoms with Crippen LogP contribution in [0.3, 0.4) is 0 Å². The monoisotopic (exact) mass is 336 g/mol. The molecular formula is C16H28N6O2. The van der Waals surface area contributed by atoms with Gasteiger partial charge >= 0.3 is 6.03 Å². The van der Waals surface area contributed by atoms with E-state index in [0.717, 1.165) is 5.82 Å². The lowest BCUT2D eigenvalue weighted by atomic mass is 9.91. The Morgan fingerprint density at radius 3 is 2.62 bits per heavy atom. The molecular weight excluding hydrogens is 308 g/mol. The molecule has 2 N–H and O–H groups in total. The molecule has 1 fully saturated rings. The van der Waals surface area contributed by atoms with E-state index >= 15 is 0 Å². The summed E-state index contributed by atoms with van der Waals surface area (Å²) in [6, 6.07) is -0.120. The normalized spacial score (nSPS) is 20.5. The van der Waals surface area contributed by atoms with Crippen LogP contribution in [0, 0.1) is 18.8 Å². The van der Waals surface area contributed by atoms with Crippen molar-refractivity contribution in [3.05, 3.63) is 11.6 Å². The van der Waals surface area contributed by atoms with E-state index in [1.807, 2.05) is 11.8 Å². The van der Waals surface area contributed by atoms with Crippen molar-refractivity contribution in [1.29, 1.82) is 0 Å². The summed E-state index contributed by atoms with van der Waals surface area (Å²) in [4.78, 5) is 32.0. The third-order valence-corrected chi connectivity index (χ3v) is 4.50. The van der Waals surface area contributed by atoms with Gasteiger partial charge in [0.15, 0.2) is 5.82 Å². The van der Waals surface area contributed by atoms with Crippen LogP contribution in [0.15, 0.2) is 0 Å². The Bertz CT molecular complexity index is 583. The van der Waals surface area contributed by atoms with Gasteiger partial charge in [0.1, 0.15) is 5.82 Å². The average Bonchev–Trinajstić information content (AvgIpc) is 3.11. The predicted octanol–water partition coefficient (Wildman–Crippen LogP) is 0.800. The van der Waals surface area contributed by atoms with E-state index < -0.39 is 0 Å². The molecule has 0 spiro atoms. The standard InChI is InChI=1S/C16H28N6O2/c1-10(2)12-8-22(9-13(12)18-16(24)21(4)5)15(23)7-6-14-17-11(3)19-20-14/h10,12-13H,6-9H2,1-5H3,(H,18,24)(H,17,19,20). The van der Waals surface area contributed by atoms with E-state index in [2.05, 4.69) is 34.3 Å². The van der Waals surface area contributed by atoms with E-state index in [1.165, 1.54) is 4.90 Å². The Labute approximate surface area is 143 Å². The predicted molar refractivity (Wildman–Crippen MR) is 90.4 cm³/mol. The van der Waals surface area contributed by atoms with E-state index in [0.29, 0.717) is 37.7 Å². The Morgan fingerprint density at radius 1 is 1.38 bits per heavy atom. The van der Waals surface area contributed by atoms with E-state index in [1.54, 1.807) is 14.1 Å². The highest BCUT2D eigenvalue weighted by Crippen LogP contribution is 2.25. The zero-order valence-electron chi connectivity index (χ0n) is 15.2. The zero-order valence-corrected chi connectivity index (χ0v) is 15.2. The molecule has 0 aliphatic carbocycles. The fraction of sp³-hybridized carbons (Fsp3) is 0.750. The van der Waals surface area contributed by atoms with Crippen molar-refractivity contribution in [2.24, 2.45) is 11.8 Å². The number of amides is 3. The highest BCUT2D eigenvalue weighted by Gasteiger charge is 2.37. The summed E-state index contributed by atoms with van der Waals surface area (Å²) in [5.74, 6) is 2.17. The van der Waals surface area contributed by atoms with Crippen LogP contribution in [0.1, 0.15) is 31.9 Å². The van der Waals surface area contributed by atoms with Gasteiger partial charge in [-0.05, 0) is 12.8 Å². The highest BCUT2D eigenvalue weighted by atomic mass is 16.2. The maximum Gasteiger partial charge on any atom is 0.317 e. The summed E-state index contributed by atoms with van der Waals surface area (Å²) in [7, 11) is 3.44. The van der Waals surface area contributed by atoms with Gasteiger partial charge in [0, 0.05) is 45.9 Å². The molecule has 1 aliphatic rings. The van der Waals surface area contributed by atoms with Crippen LogP contribution in [0.4, 0.5) is 4.79 Å². The number of nitrogens with zero attached hydrogens (tertiary/aromatic N) is 4. The van der Waals surface area contributed by atoms with E-state index in [4.69, 9.17) is 0 Å². The molecule has 2 unspecified atom stereocenters. The molecule has 1 aromatic heterocycles. The van der Waals surface area contributed by atoms with Crippen molar-refractivity contribution in [3.8, 4) is 0 Å². The minimum Gasteiger partial charge on any atom is -0.340 e. The minimum absolute atomic E-state index is 0.00500. The molecule has 1 aliphatic heterocycles. The molecule has 2 heterocycles. The topological polar surface area (TPSA) is 94.2 Å². The zero-order chi connectivity index (χ0) is 17.9. The largest absolute Gasteiger partial charge is 0.340 e. The van der Waals surface area contributed by atoms with Crippen molar-refractivity contribution >= 4 is 11.9 Å². The fourth-order valence-corrected chi connectivity index (χ4v) is 3.03. The first kappa shape index (κ1) is 18.2. The maximum atomic E-state index is 12.5. The molecule has 0 saturated carbocycles. The number of aryl methyl sites for hydroxylation is 2.